The van der Waals surface area contributed by atoms with Crippen molar-refractivity contribution in [1.82, 2.24) is 0 Å². The number of hydrogen-bond donors (Lipinski definition) is 0. The molecule has 0 aliphatic carbocycles. The van der Waals surface area contributed by atoms with Gasteiger partial charge in [-0.15, -0.1) is 0 Å². The molecule has 0 amide bonds. The van der Waals surface area contributed by atoms with Crippen molar-refractivity contribution < 1.29 is 9.53 Å². The molecule has 0 radical (unpaired) electrons. The third kappa shape index (κ3) is 4.98. The van der Waals surface area contributed by atoms with Crippen molar-refractivity contribution in [3.63, 3.8) is 0 Å². The number of hydrogen-bond acceptors (Lipinski definition) is 2. The summed E-state index contributed by atoms with van der Waals surface area (Å²) in [6, 6.07) is 22.3. The van der Waals surface area contributed by atoms with E-state index >= 15 is 0 Å². The predicted molar refractivity (Wildman–Crippen MR) is 107 cm³/mol. The van der Waals surface area contributed by atoms with Gasteiger partial charge in [0.25, 0.3) is 0 Å². The van der Waals surface area contributed by atoms with E-state index in [1.165, 1.54) is 6.08 Å². The van der Waals surface area contributed by atoms with Crippen LogP contribution in [-0.4, -0.2) is 5.78 Å². The average molecular weight is 383 g/mol. The highest BCUT2D eigenvalue weighted by Crippen LogP contribution is 2.22. The number of benzene rings is 3. The number of carbonyl (C=O) groups is 1. The van der Waals surface area contributed by atoms with E-state index in [1.807, 2.05) is 54.6 Å². The van der Waals surface area contributed by atoms with E-state index < -0.39 is 0 Å². The molecule has 0 fully saturated rings. The zero-order chi connectivity index (χ0) is 18.4. The fourth-order valence-corrected chi connectivity index (χ4v) is 2.75. The molecule has 3 rings (SSSR count). The van der Waals surface area contributed by atoms with Crippen LogP contribution in [0, 0.1) is 0 Å². The van der Waals surface area contributed by atoms with Crippen LogP contribution in [0.3, 0.4) is 0 Å². The lowest BCUT2D eigenvalue weighted by Crippen LogP contribution is -1.96. The molecule has 2 nitrogen and oxygen atoms in total. The molecule has 0 aliphatic heterocycles. The van der Waals surface area contributed by atoms with Gasteiger partial charge in [0.05, 0.1) is 5.02 Å². The number of halogens is 2. The van der Waals surface area contributed by atoms with E-state index in [9.17, 15) is 4.79 Å². The molecule has 0 N–H and O–H groups in total. The quantitative estimate of drug-likeness (QED) is 0.360. The Kier molecular flexibility index (Phi) is 6.11. The predicted octanol–water partition coefficient (Wildman–Crippen LogP) is 6.47. The van der Waals surface area contributed by atoms with Gasteiger partial charge in [-0.3, -0.25) is 4.79 Å². The van der Waals surface area contributed by atoms with Crippen molar-refractivity contribution in [2.75, 3.05) is 0 Å². The second-order valence-electron chi connectivity index (χ2n) is 5.67. The van der Waals surface area contributed by atoms with Crippen LogP contribution in [0.5, 0.6) is 5.75 Å². The molecule has 3 aromatic rings. The highest BCUT2D eigenvalue weighted by atomic mass is 35.5. The first kappa shape index (κ1) is 18.2. The van der Waals surface area contributed by atoms with Crippen LogP contribution in [0.15, 0.2) is 78.9 Å². The van der Waals surface area contributed by atoms with Gasteiger partial charge in [0.15, 0.2) is 5.78 Å². The fourth-order valence-electron chi connectivity index (χ4n) is 2.36. The van der Waals surface area contributed by atoms with Crippen LogP contribution in [-0.2, 0) is 6.61 Å². The standard InChI is InChI=1S/C22H16Cl2O2/c23-18-9-12-21(24)20(14-18)22(25)13-8-16-6-10-19(11-7-16)26-15-17-4-2-1-3-5-17/h1-14H,15H2. The van der Waals surface area contributed by atoms with Crippen molar-refractivity contribution in [2.24, 2.45) is 0 Å². The number of carbonyl (C=O) groups excluding carboxylic acids is 1. The topological polar surface area (TPSA) is 26.3 Å². The Labute approximate surface area is 162 Å². The third-order valence-electron chi connectivity index (χ3n) is 3.75. The molecular weight excluding hydrogens is 367 g/mol. The third-order valence-corrected chi connectivity index (χ3v) is 4.31. The van der Waals surface area contributed by atoms with Gasteiger partial charge in [0.1, 0.15) is 12.4 Å². The highest BCUT2D eigenvalue weighted by Gasteiger charge is 2.08. The van der Waals surface area contributed by atoms with Gasteiger partial charge in [0, 0.05) is 10.6 Å². The summed E-state index contributed by atoms with van der Waals surface area (Å²) in [4.78, 5) is 12.3. The number of ether oxygens (including phenoxy) is 1. The first-order valence-corrected chi connectivity index (χ1v) is 8.82. The monoisotopic (exact) mass is 382 g/mol. The normalized spacial score (nSPS) is 10.8. The van der Waals surface area contributed by atoms with E-state index in [1.54, 1.807) is 24.3 Å². The summed E-state index contributed by atoms with van der Waals surface area (Å²) in [5.74, 6) is 0.581. The van der Waals surface area contributed by atoms with Gasteiger partial charge in [-0.05, 0) is 47.5 Å². The lowest BCUT2D eigenvalue weighted by Gasteiger charge is -2.06. The lowest BCUT2D eigenvalue weighted by atomic mass is 10.1. The summed E-state index contributed by atoms with van der Waals surface area (Å²) in [6.07, 6.45) is 3.22. The molecule has 3 aromatic carbocycles. The van der Waals surface area contributed by atoms with Gasteiger partial charge in [-0.25, -0.2) is 0 Å². The van der Waals surface area contributed by atoms with Gasteiger partial charge in [-0.1, -0.05) is 71.7 Å². The average Bonchev–Trinajstić information content (AvgIpc) is 2.68. The molecule has 0 unspecified atom stereocenters. The summed E-state index contributed by atoms with van der Waals surface area (Å²) in [5, 5.41) is 0.861. The van der Waals surface area contributed by atoms with Crippen LogP contribution >= 0.6 is 23.2 Å². The highest BCUT2D eigenvalue weighted by molar-refractivity contribution is 6.36. The van der Waals surface area contributed by atoms with Crippen molar-refractivity contribution in [2.45, 2.75) is 6.61 Å². The van der Waals surface area contributed by atoms with Crippen molar-refractivity contribution in [3.05, 3.63) is 106 Å². The fraction of sp³-hybridized carbons (Fsp3) is 0.0455. The van der Waals surface area contributed by atoms with Crippen molar-refractivity contribution in [1.29, 1.82) is 0 Å². The molecule has 0 saturated heterocycles. The molecule has 0 saturated carbocycles. The van der Waals surface area contributed by atoms with Gasteiger partial charge >= 0.3 is 0 Å². The van der Waals surface area contributed by atoms with Crippen molar-refractivity contribution >= 4 is 35.1 Å². The van der Waals surface area contributed by atoms with Crippen LogP contribution in [0.25, 0.3) is 6.08 Å². The van der Waals surface area contributed by atoms with E-state index in [-0.39, 0.29) is 5.78 Å². The molecule has 0 bridgehead atoms. The van der Waals surface area contributed by atoms with E-state index in [4.69, 9.17) is 27.9 Å². The molecule has 0 heterocycles. The SMILES string of the molecule is O=C(C=Cc1ccc(OCc2ccccc2)cc1)c1cc(Cl)ccc1Cl. The Morgan fingerprint density at radius 2 is 1.65 bits per heavy atom. The van der Waals surface area contributed by atoms with Crippen LogP contribution < -0.4 is 4.74 Å². The maximum Gasteiger partial charge on any atom is 0.187 e. The summed E-state index contributed by atoms with van der Waals surface area (Å²) < 4.78 is 5.75. The molecular formula is C22H16Cl2O2. The van der Waals surface area contributed by atoms with E-state index in [0.29, 0.717) is 22.2 Å². The Hall–Kier alpha value is -2.55. The number of allylic oxidation sites excluding steroid dienone is 1. The second kappa shape index (κ2) is 8.70. The van der Waals surface area contributed by atoms with Crippen LogP contribution in [0.4, 0.5) is 0 Å². The minimum atomic E-state index is -0.193. The van der Waals surface area contributed by atoms with Gasteiger partial charge in [-0.2, -0.15) is 0 Å². The van der Waals surface area contributed by atoms with E-state index in [0.717, 1.165) is 16.9 Å². The van der Waals surface area contributed by atoms with Crippen LogP contribution in [0.2, 0.25) is 10.0 Å². The van der Waals surface area contributed by atoms with Gasteiger partial charge < -0.3 is 4.74 Å². The lowest BCUT2D eigenvalue weighted by molar-refractivity contribution is 0.104. The molecule has 0 aromatic heterocycles. The maximum absolute atomic E-state index is 12.3. The Bertz CT molecular complexity index is 917. The zero-order valence-corrected chi connectivity index (χ0v) is 15.4. The molecule has 0 aliphatic rings. The number of rotatable bonds is 6. The molecule has 4 heteroatoms. The summed E-state index contributed by atoms with van der Waals surface area (Å²) in [5.41, 5.74) is 2.39. The Morgan fingerprint density at radius 3 is 2.38 bits per heavy atom. The molecule has 130 valence electrons. The molecule has 0 atom stereocenters. The van der Waals surface area contributed by atoms with Crippen LogP contribution in [0.1, 0.15) is 21.5 Å². The van der Waals surface area contributed by atoms with Crippen molar-refractivity contribution in [3.8, 4) is 5.75 Å². The summed E-state index contributed by atoms with van der Waals surface area (Å²) in [6.45, 7) is 0.516. The number of ketones is 1. The smallest absolute Gasteiger partial charge is 0.187 e. The van der Waals surface area contributed by atoms with E-state index in [2.05, 4.69) is 0 Å². The minimum Gasteiger partial charge on any atom is -0.489 e. The summed E-state index contributed by atoms with van der Waals surface area (Å²) in [7, 11) is 0. The zero-order valence-electron chi connectivity index (χ0n) is 13.9. The summed E-state index contributed by atoms with van der Waals surface area (Å²) >= 11 is 12.0. The second-order valence-corrected chi connectivity index (χ2v) is 6.51. The maximum atomic E-state index is 12.3. The first-order chi connectivity index (χ1) is 12.6. The largest absolute Gasteiger partial charge is 0.489 e. The molecule has 26 heavy (non-hydrogen) atoms. The Morgan fingerprint density at radius 1 is 0.923 bits per heavy atom. The minimum absolute atomic E-state index is 0.193. The first-order valence-electron chi connectivity index (χ1n) is 8.06. The van der Waals surface area contributed by atoms with Gasteiger partial charge in [0.2, 0.25) is 0 Å². The Balaban J connectivity index is 1.62. The molecule has 0 spiro atoms.